The summed E-state index contributed by atoms with van der Waals surface area (Å²) in [6, 6.07) is 0. The second kappa shape index (κ2) is 7.64. The van der Waals surface area contributed by atoms with Gasteiger partial charge in [-0.25, -0.2) is 14.6 Å². The normalized spacial score (nSPS) is 12.1. The van der Waals surface area contributed by atoms with Crippen molar-refractivity contribution in [1.82, 2.24) is 25.0 Å². The number of hydrogen-bond donors (Lipinski definition) is 0. The largest absolute Gasteiger partial charge is 0.373 e. The molecule has 2 rings (SSSR count). The van der Waals surface area contributed by atoms with Gasteiger partial charge in [0.1, 0.15) is 11.5 Å². The molecule has 6 nitrogen and oxygen atoms in total. The summed E-state index contributed by atoms with van der Waals surface area (Å²) in [5.74, 6) is 1.38. The molecule has 0 aromatic carbocycles. The van der Waals surface area contributed by atoms with Gasteiger partial charge in [0.25, 0.3) is 0 Å². The van der Waals surface area contributed by atoms with Gasteiger partial charge in [-0.3, -0.25) is 0 Å². The van der Waals surface area contributed by atoms with Crippen LogP contribution in [0, 0.1) is 5.92 Å². The van der Waals surface area contributed by atoms with Gasteiger partial charge in [-0.2, -0.15) is 0 Å². The Kier molecular flexibility index (Phi) is 5.82. The minimum absolute atomic E-state index is 0.281. The van der Waals surface area contributed by atoms with Crippen molar-refractivity contribution in [3.05, 3.63) is 24.4 Å². The molecule has 2 aromatic heterocycles. The molecule has 0 aliphatic heterocycles. The minimum Gasteiger partial charge on any atom is -0.373 e. The molecule has 2 heterocycles. The molecule has 2 aromatic rings. The molecule has 0 unspecified atom stereocenters. The molecule has 0 saturated carbocycles. The Morgan fingerprint density at radius 3 is 2.52 bits per heavy atom. The highest BCUT2D eigenvalue weighted by atomic mass is 16.5. The van der Waals surface area contributed by atoms with Crippen molar-refractivity contribution in [2.45, 2.75) is 59.6 Å². The third-order valence-electron chi connectivity index (χ3n) is 3.36. The van der Waals surface area contributed by atoms with Crippen molar-refractivity contribution in [3.8, 4) is 11.3 Å². The molecule has 0 bridgehead atoms. The molecule has 0 atom stereocenters. The molecule has 0 aliphatic rings. The maximum Gasteiger partial charge on any atom is 0.128 e. The fourth-order valence-corrected chi connectivity index (χ4v) is 2.18. The van der Waals surface area contributed by atoms with Crippen LogP contribution >= 0.6 is 0 Å². The van der Waals surface area contributed by atoms with Gasteiger partial charge in [-0.1, -0.05) is 26.0 Å². The summed E-state index contributed by atoms with van der Waals surface area (Å²) >= 11 is 0. The molecule has 0 spiro atoms. The number of ether oxygens (including phenoxy) is 1. The highest BCUT2D eigenvalue weighted by molar-refractivity contribution is 5.54. The SMILES string of the molecule is CCCc1ncc(-c2cn(CC(C)(C)OCC(C)C)nn2)cn1. The number of aryl methyl sites for hydroxylation is 1. The third-order valence-corrected chi connectivity index (χ3v) is 3.36. The minimum atomic E-state index is -0.281. The average molecular weight is 317 g/mol. The number of hydrogen-bond acceptors (Lipinski definition) is 5. The van der Waals surface area contributed by atoms with E-state index in [1.807, 2.05) is 23.3 Å². The quantitative estimate of drug-likeness (QED) is 0.748. The van der Waals surface area contributed by atoms with E-state index in [4.69, 9.17) is 4.74 Å². The van der Waals surface area contributed by atoms with E-state index >= 15 is 0 Å². The molecule has 0 amide bonds. The summed E-state index contributed by atoms with van der Waals surface area (Å²) in [7, 11) is 0. The summed E-state index contributed by atoms with van der Waals surface area (Å²) in [6.07, 6.45) is 7.48. The van der Waals surface area contributed by atoms with Crippen molar-refractivity contribution in [2.24, 2.45) is 5.92 Å². The standard InChI is InChI=1S/C17H27N5O/c1-6-7-16-18-8-14(9-19-16)15-10-22(21-20-15)12-17(4,5)23-11-13(2)3/h8-10,13H,6-7,11-12H2,1-5H3. The van der Waals surface area contributed by atoms with Crippen LogP contribution in [0.5, 0.6) is 0 Å². The summed E-state index contributed by atoms with van der Waals surface area (Å²) in [5.41, 5.74) is 1.39. The number of aromatic nitrogens is 5. The van der Waals surface area contributed by atoms with Crippen LogP contribution in [0.15, 0.2) is 18.6 Å². The first-order valence-electron chi connectivity index (χ1n) is 8.25. The lowest BCUT2D eigenvalue weighted by atomic mass is 10.1. The predicted molar refractivity (Wildman–Crippen MR) is 89.9 cm³/mol. The second-order valence-corrected chi connectivity index (χ2v) is 6.90. The van der Waals surface area contributed by atoms with E-state index in [2.05, 4.69) is 54.9 Å². The van der Waals surface area contributed by atoms with E-state index in [1.165, 1.54) is 0 Å². The molecule has 0 radical (unpaired) electrons. The number of nitrogens with zero attached hydrogens (tertiary/aromatic N) is 5. The van der Waals surface area contributed by atoms with Crippen molar-refractivity contribution in [1.29, 1.82) is 0 Å². The smallest absolute Gasteiger partial charge is 0.128 e. The summed E-state index contributed by atoms with van der Waals surface area (Å²) in [6.45, 7) is 11.9. The Morgan fingerprint density at radius 2 is 1.91 bits per heavy atom. The van der Waals surface area contributed by atoms with Crippen molar-refractivity contribution in [3.63, 3.8) is 0 Å². The van der Waals surface area contributed by atoms with Crippen LogP contribution < -0.4 is 0 Å². The lowest BCUT2D eigenvalue weighted by molar-refractivity contribution is -0.0438. The van der Waals surface area contributed by atoms with Gasteiger partial charge in [0.15, 0.2) is 0 Å². The predicted octanol–water partition coefficient (Wildman–Crippen LogP) is 3.14. The molecule has 0 N–H and O–H groups in total. The van der Waals surface area contributed by atoms with Gasteiger partial charge < -0.3 is 4.74 Å². The van der Waals surface area contributed by atoms with Gasteiger partial charge in [-0.15, -0.1) is 5.10 Å². The first-order chi connectivity index (χ1) is 10.9. The van der Waals surface area contributed by atoms with Crippen LogP contribution in [0.3, 0.4) is 0 Å². The molecular weight excluding hydrogens is 290 g/mol. The highest BCUT2D eigenvalue weighted by Crippen LogP contribution is 2.17. The zero-order chi connectivity index (χ0) is 16.9. The third kappa shape index (κ3) is 5.39. The monoisotopic (exact) mass is 317 g/mol. The molecular formula is C17H27N5O. The maximum absolute atomic E-state index is 5.94. The van der Waals surface area contributed by atoms with Gasteiger partial charge in [0.2, 0.25) is 0 Å². The second-order valence-electron chi connectivity index (χ2n) is 6.90. The fourth-order valence-electron chi connectivity index (χ4n) is 2.18. The van der Waals surface area contributed by atoms with E-state index in [0.29, 0.717) is 12.5 Å². The van der Waals surface area contributed by atoms with E-state index in [-0.39, 0.29) is 5.60 Å². The highest BCUT2D eigenvalue weighted by Gasteiger charge is 2.21. The first-order valence-corrected chi connectivity index (χ1v) is 8.25. The first kappa shape index (κ1) is 17.5. The topological polar surface area (TPSA) is 65.7 Å². The lowest BCUT2D eigenvalue weighted by Gasteiger charge is -2.26. The van der Waals surface area contributed by atoms with E-state index in [9.17, 15) is 0 Å². The Hall–Kier alpha value is -1.82. The van der Waals surface area contributed by atoms with Crippen LogP contribution in [0.2, 0.25) is 0 Å². The van der Waals surface area contributed by atoms with Crippen LogP contribution in [0.4, 0.5) is 0 Å². The molecule has 126 valence electrons. The zero-order valence-corrected chi connectivity index (χ0v) is 14.8. The Bertz CT molecular complexity index is 604. The number of rotatable bonds is 8. The molecule has 0 aliphatic carbocycles. The van der Waals surface area contributed by atoms with E-state index < -0.39 is 0 Å². The lowest BCUT2D eigenvalue weighted by Crippen LogP contribution is -2.32. The van der Waals surface area contributed by atoms with E-state index in [1.54, 1.807) is 0 Å². The Morgan fingerprint density at radius 1 is 1.22 bits per heavy atom. The van der Waals surface area contributed by atoms with Crippen molar-refractivity contribution in [2.75, 3.05) is 6.61 Å². The fraction of sp³-hybridized carbons (Fsp3) is 0.647. The van der Waals surface area contributed by atoms with Crippen LogP contribution in [-0.2, 0) is 17.7 Å². The summed E-state index contributed by atoms with van der Waals surface area (Å²) in [5, 5.41) is 8.41. The summed E-state index contributed by atoms with van der Waals surface area (Å²) < 4.78 is 7.75. The van der Waals surface area contributed by atoms with Crippen LogP contribution in [-0.4, -0.2) is 37.2 Å². The van der Waals surface area contributed by atoms with Gasteiger partial charge in [0.05, 0.1) is 18.3 Å². The van der Waals surface area contributed by atoms with Gasteiger partial charge in [-0.05, 0) is 26.2 Å². The molecule has 0 fully saturated rings. The Labute approximate surface area is 138 Å². The molecule has 6 heteroatoms. The maximum atomic E-state index is 5.94. The van der Waals surface area contributed by atoms with Crippen LogP contribution in [0.1, 0.15) is 46.9 Å². The zero-order valence-electron chi connectivity index (χ0n) is 14.8. The van der Waals surface area contributed by atoms with Crippen molar-refractivity contribution >= 4 is 0 Å². The average Bonchev–Trinajstić information content (AvgIpc) is 2.94. The van der Waals surface area contributed by atoms with E-state index in [0.717, 1.165) is 36.5 Å². The van der Waals surface area contributed by atoms with Gasteiger partial charge in [0, 0.05) is 31.0 Å². The molecule has 23 heavy (non-hydrogen) atoms. The molecule has 0 saturated heterocycles. The summed E-state index contributed by atoms with van der Waals surface area (Å²) in [4.78, 5) is 8.73. The van der Waals surface area contributed by atoms with Gasteiger partial charge >= 0.3 is 0 Å². The van der Waals surface area contributed by atoms with Crippen molar-refractivity contribution < 1.29 is 4.74 Å². The van der Waals surface area contributed by atoms with Crippen LogP contribution in [0.25, 0.3) is 11.3 Å². The Balaban J connectivity index is 2.02.